The number of carbonyl (C=O) groups is 1. The molecule has 0 fully saturated rings. The van der Waals surface area contributed by atoms with E-state index in [1.54, 1.807) is 35.1 Å². The number of pyridine rings is 1. The van der Waals surface area contributed by atoms with Crippen molar-refractivity contribution >= 4 is 23.1 Å². The predicted molar refractivity (Wildman–Crippen MR) is 112 cm³/mol. The van der Waals surface area contributed by atoms with Crippen LogP contribution in [0, 0.1) is 5.82 Å². The van der Waals surface area contributed by atoms with E-state index >= 15 is 0 Å². The fourth-order valence-corrected chi connectivity index (χ4v) is 4.01. The maximum atomic E-state index is 14.2. The van der Waals surface area contributed by atoms with Gasteiger partial charge in [-0.15, -0.1) is 0 Å². The van der Waals surface area contributed by atoms with Gasteiger partial charge in [0.15, 0.2) is 11.5 Å². The van der Waals surface area contributed by atoms with E-state index in [4.69, 9.17) is 0 Å². The predicted octanol–water partition coefficient (Wildman–Crippen LogP) is 3.05. The number of aromatic nitrogens is 5. The number of hydrogen-bond acceptors (Lipinski definition) is 7. The second kappa shape index (κ2) is 6.83. The van der Waals surface area contributed by atoms with Gasteiger partial charge in [-0.3, -0.25) is 0 Å². The van der Waals surface area contributed by atoms with Crippen LogP contribution in [0.3, 0.4) is 0 Å². The number of halogens is 1. The molecule has 5 rings (SSSR count). The Hall–Kier alpha value is -3.88. The van der Waals surface area contributed by atoms with Gasteiger partial charge in [0.1, 0.15) is 23.6 Å². The Morgan fingerprint density at radius 1 is 1.23 bits per heavy atom. The molecule has 31 heavy (non-hydrogen) atoms. The van der Waals surface area contributed by atoms with E-state index in [-0.39, 0.29) is 24.1 Å². The molecule has 3 aromatic heterocycles. The Kier molecular flexibility index (Phi) is 4.21. The first-order valence-corrected chi connectivity index (χ1v) is 9.78. The SMILES string of the molecule is CC1(C)c2c(O)nc(-c3nn(Cc4ccccc4F)c4ncccc34)nc2NC1C=O. The van der Waals surface area contributed by atoms with Gasteiger partial charge in [-0.2, -0.15) is 10.1 Å². The maximum Gasteiger partial charge on any atom is 0.220 e. The van der Waals surface area contributed by atoms with Gasteiger partial charge in [-0.1, -0.05) is 32.0 Å². The fourth-order valence-electron chi connectivity index (χ4n) is 4.01. The molecule has 156 valence electrons. The van der Waals surface area contributed by atoms with E-state index in [2.05, 4.69) is 25.4 Å². The summed E-state index contributed by atoms with van der Waals surface area (Å²) in [5, 5.41) is 19.0. The molecule has 1 unspecified atom stereocenters. The Labute approximate surface area is 176 Å². The Balaban J connectivity index is 1.65. The van der Waals surface area contributed by atoms with Crippen molar-refractivity contribution in [2.24, 2.45) is 0 Å². The van der Waals surface area contributed by atoms with Crippen LogP contribution in [0.4, 0.5) is 10.2 Å². The zero-order valence-electron chi connectivity index (χ0n) is 16.9. The average Bonchev–Trinajstić information content (AvgIpc) is 3.24. The average molecular weight is 418 g/mol. The highest BCUT2D eigenvalue weighted by atomic mass is 19.1. The molecule has 0 aliphatic carbocycles. The van der Waals surface area contributed by atoms with Crippen LogP contribution in [0.2, 0.25) is 0 Å². The van der Waals surface area contributed by atoms with Crippen molar-refractivity contribution in [1.29, 1.82) is 0 Å². The number of nitrogens with one attached hydrogen (secondary N) is 1. The van der Waals surface area contributed by atoms with Crippen molar-refractivity contribution in [2.75, 3.05) is 5.32 Å². The molecule has 0 spiro atoms. The molecule has 1 atom stereocenters. The van der Waals surface area contributed by atoms with Crippen molar-refractivity contribution in [3.63, 3.8) is 0 Å². The summed E-state index contributed by atoms with van der Waals surface area (Å²) in [7, 11) is 0. The molecule has 8 nitrogen and oxygen atoms in total. The summed E-state index contributed by atoms with van der Waals surface area (Å²) < 4.78 is 15.8. The molecule has 0 amide bonds. The molecule has 0 radical (unpaired) electrons. The van der Waals surface area contributed by atoms with Crippen LogP contribution in [-0.2, 0) is 16.8 Å². The number of nitrogens with zero attached hydrogens (tertiary/aromatic N) is 5. The van der Waals surface area contributed by atoms with Crippen molar-refractivity contribution in [3.8, 4) is 17.4 Å². The third-order valence-corrected chi connectivity index (χ3v) is 5.74. The van der Waals surface area contributed by atoms with Crippen LogP contribution in [-0.4, -0.2) is 42.2 Å². The third kappa shape index (κ3) is 2.92. The zero-order chi connectivity index (χ0) is 21.8. The lowest BCUT2D eigenvalue weighted by molar-refractivity contribution is -0.109. The number of hydrogen-bond donors (Lipinski definition) is 2. The molecule has 1 aliphatic rings. The Morgan fingerprint density at radius 3 is 2.81 bits per heavy atom. The highest BCUT2D eigenvalue weighted by Gasteiger charge is 2.43. The highest BCUT2D eigenvalue weighted by Crippen LogP contribution is 2.44. The van der Waals surface area contributed by atoms with E-state index in [1.807, 2.05) is 19.9 Å². The number of aromatic hydroxyl groups is 1. The van der Waals surface area contributed by atoms with E-state index in [0.717, 1.165) is 6.29 Å². The fraction of sp³-hybridized carbons (Fsp3) is 0.227. The van der Waals surface area contributed by atoms with Gasteiger partial charge >= 0.3 is 0 Å². The first kappa shape index (κ1) is 19.1. The summed E-state index contributed by atoms with van der Waals surface area (Å²) >= 11 is 0. The van der Waals surface area contributed by atoms with Gasteiger partial charge in [-0.25, -0.2) is 19.0 Å². The zero-order valence-corrected chi connectivity index (χ0v) is 16.9. The minimum absolute atomic E-state index is 0.176. The molecule has 4 heterocycles. The highest BCUT2D eigenvalue weighted by molar-refractivity contribution is 5.90. The summed E-state index contributed by atoms with van der Waals surface area (Å²) in [4.78, 5) is 24.7. The molecule has 1 aromatic carbocycles. The lowest BCUT2D eigenvalue weighted by Crippen LogP contribution is -2.34. The van der Waals surface area contributed by atoms with Crippen LogP contribution in [0.15, 0.2) is 42.6 Å². The molecule has 2 N–H and O–H groups in total. The van der Waals surface area contributed by atoms with Crippen LogP contribution in [0.25, 0.3) is 22.6 Å². The molecule has 0 bridgehead atoms. The van der Waals surface area contributed by atoms with E-state index < -0.39 is 11.5 Å². The molecule has 4 aromatic rings. The van der Waals surface area contributed by atoms with E-state index in [9.17, 15) is 14.3 Å². The summed E-state index contributed by atoms with van der Waals surface area (Å²) in [6, 6.07) is 9.53. The number of rotatable bonds is 4. The first-order valence-electron chi connectivity index (χ1n) is 9.78. The van der Waals surface area contributed by atoms with Crippen LogP contribution >= 0.6 is 0 Å². The van der Waals surface area contributed by atoms with E-state index in [0.29, 0.717) is 33.7 Å². The molecular weight excluding hydrogens is 399 g/mol. The number of benzene rings is 1. The van der Waals surface area contributed by atoms with Gasteiger partial charge in [0.2, 0.25) is 5.88 Å². The Morgan fingerprint density at radius 2 is 2.03 bits per heavy atom. The summed E-state index contributed by atoms with van der Waals surface area (Å²) in [6.45, 7) is 3.86. The van der Waals surface area contributed by atoms with Gasteiger partial charge in [0.25, 0.3) is 0 Å². The third-order valence-electron chi connectivity index (χ3n) is 5.74. The van der Waals surface area contributed by atoms with Crippen LogP contribution in [0.5, 0.6) is 5.88 Å². The second-order valence-corrected chi connectivity index (χ2v) is 8.05. The van der Waals surface area contributed by atoms with E-state index in [1.165, 1.54) is 6.07 Å². The van der Waals surface area contributed by atoms with Gasteiger partial charge in [0.05, 0.1) is 23.5 Å². The van der Waals surface area contributed by atoms with Gasteiger partial charge < -0.3 is 15.2 Å². The van der Waals surface area contributed by atoms with Crippen molar-refractivity contribution < 1.29 is 14.3 Å². The monoisotopic (exact) mass is 418 g/mol. The van der Waals surface area contributed by atoms with Crippen LogP contribution in [0.1, 0.15) is 25.0 Å². The molecular formula is C22H19FN6O2. The number of anilines is 1. The standard InChI is InChI=1S/C22H19FN6O2/c1-22(2)15(11-30)25-18-16(22)21(31)27-19(26-18)17-13-7-5-9-24-20(13)29(28-17)10-12-6-3-4-8-14(12)23/h3-9,11,15H,10H2,1-2H3,(H2,25,26,27,31). The Bertz CT molecular complexity index is 1330. The topological polar surface area (TPSA) is 106 Å². The minimum Gasteiger partial charge on any atom is -0.493 e. The van der Waals surface area contributed by atoms with Crippen molar-refractivity contribution in [1.82, 2.24) is 24.7 Å². The molecule has 0 saturated carbocycles. The lowest BCUT2D eigenvalue weighted by Gasteiger charge is -2.22. The smallest absolute Gasteiger partial charge is 0.220 e. The summed E-state index contributed by atoms with van der Waals surface area (Å²) in [6.07, 6.45) is 2.43. The first-order chi connectivity index (χ1) is 14.9. The summed E-state index contributed by atoms with van der Waals surface area (Å²) in [5.41, 5.74) is 1.25. The quantitative estimate of drug-likeness (QED) is 0.491. The maximum absolute atomic E-state index is 14.2. The molecule has 0 saturated heterocycles. The number of aldehydes is 1. The lowest BCUT2D eigenvalue weighted by atomic mass is 9.82. The largest absolute Gasteiger partial charge is 0.493 e. The molecule has 1 aliphatic heterocycles. The summed E-state index contributed by atoms with van der Waals surface area (Å²) in [5.74, 6) is 0.0469. The molecule has 9 heteroatoms. The normalized spacial score (nSPS) is 16.8. The second-order valence-electron chi connectivity index (χ2n) is 8.05. The van der Waals surface area contributed by atoms with Gasteiger partial charge in [-0.05, 0) is 18.2 Å². The van der Waals surface area contributed by atoms with Gasteiger partial charge in [0, 0.05) is 17.2 Å². The van der Waals surface area contributed by atoms with Crippen molar-refractivity contribution in [3.05, 3.63) is 59.5 Å². The number of carbonyl (C=O) groups excluding carboxylic acids is 1. The number of fused-ring (bicyclic) bond motifs is 2. The van der Waals surface area contributed by atoms with Crippen molar-refractivity contribution in [2.45, 2.75) is 31.8 Å². The van der Waals surface area contributed by atoms with Crippen LogP contribution < -0.4 is 5.32 Å². The minimum atomic E-state index is -0.659.